The van der Waals surface area contributed by atoms with E-state index in [-0.39, 0.29) is 24.8 Å². The van der Waals surface area contributed by atoms with Gasteiger partial charge in [-0.05, 0) is 30.7 Å². The molecule has 0 bridgehead atoms. The first-order chi connectivity index (χ1) is 12.6. The Morgan fingerprint density at radius 1 is 1.27 bits per heavy atom. The third-order valence-electron chi connectivity index (χ3n) is 4.24. The van der Waals surface area contributed by atoms with Gasteiger partial charge in [-0.2, -0.15) is 0 Å². The number of hydrogen-bond donors (Lipinski definition) is 1. The molecule has 132 valence electrons. The van der Waals surface area contributed by atoms with Crippen LogP contribution in [-0.2, 0) is 9.59 Å². The molecule has 2 aromatic carbocycles. The molecule has 0 atom stereocenters. The highest BCUT2D eigenvalue weighted by molar-refractivity contribution is 7.22. The maximum absolute atomic E-state index is 12.3. The maximum atomic E-state index is 12.3. The molecule has 7 heteroatoms. The third-order valence-corrected chi connectivity index (χ3v) is 5.17. The minimum absolute atomic E-state index is 0.00419. The summed E-state index contributed by atoms with van der Waals surface area (Å²) in [6.45, 7) is 2.29. The number of para-hydroxylation sites is 3. The smallest absolute Gasteiger partial charge is 0.265 e. The Bertz CT molecular complexity index is 999. The highest BCUT2D eigenvalue weighted by Crippen LogP contribution is 2.32. The van der Waals surface area contributed by atoms with Gasteiger partial charge in [-0.3, -0.25) is 9.59 Å². The lowest BCUT2D eigenvalue weighted by Crippen LogP contribution is -2.40. The van der Waals surface area contributed by atoms with Crippen molar-refractivity contribution in [1.82, 2.24) is 4.98 Å². The molecular weight excluding hydrogens is 350 g/mol. The molecule has 0 saturated heterocycles. The number of benzene rings is 2. The Morgan fingerprint density at radius 2 is 2.12 bits per heavy atom. The van der Waals surface area contributed by atoms with Gasteiger partial charge in [-0.15, -0.1) is 0 Å². The molecule has 1 aromatic heterocycles. The van der Waals surface area contributed by atoms with Crippen molar-refractivity contribution in [3.63, 3.8) is 0 Å². The van der Waals surface area contributed by atoms with Crippen molar-refractivity contribution in [2.45, 2.75) is 13.3 Å². The maximum Gasteiger partial charge on any atom is 0.265 e. The minimum atomic E-state index is -0.168. The Labute approximate surface area is 154 Å². The SMILES string of the molecule is Cc1cccc2sc(NC(=O)CCN3C(=O)COc4ccccc43)nc12. The Hall–Kier alpha value is -2.93. The highest BCUT2D eigenvalue weighted by Gasteiger charge is 2.25. The van der Waals surface area contributed by atoms with E-state index in [2.05, 4.69) is 10.3 Å². The molecule has 0 spiro atoms. The molecule has 6 nitrogen and oxygen atoms in total. The van der Waals surface area contributed by atoms with Crippen LogP contribution in [-0.4, -0.2) is 29.9 Å². The van der Waals surface area contributed by atoms with Gasteiger partial charge in [0.25, 0.3) is 5.91 Å². The van der Waals surface area contributed by atoms with Gasteiger partial charge in [0.1, 0.15) is 5.75 Å². The van der Waals surface area contributed by atoms with Gasteiger partial charge < -0.3 is 15.0 Å². The predicted octanol–water partition coefficient (Wildman–Crippen LogP) is 3.36. The van der Waals surface area contributed by atoms with E-state index in [0.717, 1.165) is 15.8 Å². The van der Waals surface area contributed by atoms with Crippen LogP contribution in [0.1, 0.15) is 12.0 Å². The van der Waals surface area contributed by atoms with Gasteiger partial charge in [0.2, 0.25) is 5.91 Å². The molecule has 0 radical (unpaired) electrons. The van der Waals surface area contributed by atoms with Gasteiger partial charge in [-0.25, -0.2) is 4.98 Å². The molecule has 26 heavy (non-hydrogen) atoms. The van der Waals surface area contributed by atoms with Crippen molar-refractivity contribution in [2.24, 2.45) is 0 Å². The summed E-state index contributed by atoms with van der Waals surface area (Å²) < 4.78 is 6.45. The normalized spacial score (nSPS) is 13.4. The van der Waals surface area contributed by atoms with Crippen molar-refractivity contribution in [2.75, 3.05) is 23.4 Å². The van der Waals surface area contributed by atoms with E-state index in [1.54, 1.807) is 4.90 Å². The first kappa shape index (κ1) is 16.5. The van der Waals surface area contributed by atoms with Gasteiger partial charge in [0.05, 0.1) is 15.9 Å². The number of fused-ring (bicyclic) bond motifs is 2. The minimum Gasteiger partial charge on any atom is -0.482 e. The van der Waals surface area contributed by atoms with E-state index in [1.807, 2.05) is 49.4 Å². The number of aromatic nitrogens is 1. The number of thiazole rings is 1. The molecule has 1 N–H and O–H groups in total. The van der Waals surface area contributed by atoms with Crippen molar-refractivity contribution in [1.29, 1.82) is 0 Å². The number of anilines is 2. The number of hydrogen-bond acceptors (Lipinski definition) is 5. The van der Waals surface area contributed by atoms with Crippen LogP contribution in [0.3, 0.4) is 0 Å². The topological polar surface area (TPSA) is 71.5 Å². The zero-order chi connectivity index (χ0) is 18.1. The first-order valence-corrected chi connectivity index (χ1v) is 9.11. The fourth-order valence-corrected chi connectivity index (χ4v) is 3.89. The second-order valence-corrected chi connectivity index (χ2v) is 7.07. The largest absolute Gasteiger partial charge is 0.482 e. The van der Waals surface area contributed by atoms with Crippen molar-refractivity contribution in [3.05, 3.63) is 48.0 Å². The fourth-order valence-electron chi connectivity index (χ4n) is 2.93. The van der Waals surface area contributed by atoms with Crippen molar-refractivity contribution in [3.8, 4) is 5.75 Å². The average Bonchev–Trinajstić information content (AvgIpc) is 3.05. The number of carbonyl (C=O) groups excluding carboxylic acids is 2. The Kier molecular flexibility index (Phi) is 4.30. The number of amides is 2. The molecule has 1 aliphatic heterocycles. The monoisotopic (exact) mass is 367 g/mol. The summed E-state index contributed by atoms with van der Waals surface area (Å²) in [6.07, 6.45) is 0.189. The third kappa shape index (κ3) is 3.13. The standard InChI is InChI=1S/C19H17N3O3S/c1-12-5-4-8-15-18(12)21-19(26-15)20-16(23)9-10-22-13-6-2-3-7-14(13)25-11-17(22)24/h2-8H,9-11H2,1H3,(H,20,21,23). The van der Waals surface area contributed by atoms with Crippen LogP contribution < -0.4 is 15.0 Å². The molecule has 3 aromatic rings. The molecule has 4 rings (SSSR count). The number of carbonyl (C=O) groups is 2. The van der Waals surface area contributed by atoms with E-state index in [0.29, 0.717) is 23.1 Å². The van der Waals surface area contributed by atoms with Crippen LogP contribution in [0.4, 0.5) is 10.8 Å². The van der Waals surface area contributed by atoms with Crippen LogP contribution in [0.5, 0.6) is 5.75 Å². The summed E-state index contributed by atoms with van der Waals surface area (Å²) >= 11 is 1.45. The van der Waals surface area contributed by atoms with E-state index in [9.17, 15) is 9.59 Å². The van der Waals surface area contributed by atoms with Crippen LogP contribution in [0.2, 0.25) is 0 Å². The summed E-state index contributed by atoms with van der Waals surface area (Å²) in [4.78, 5) is 30.5. The molecule has 2 amide bonds. The number of rotatable bonds is 4. The lowest BCUT2D eigenvalue weighted by Gasteiger charge is -2.29. The molecule has 0 saturated carbocycles. The summed E-state index contributed by atoms with van der Waals surface area (Å²) in [7, 11) is 0. The molecule has 2 heterocycles. The van der Waals surface area contributed by atoms with Gasteiger partial charge >= 0.3 is 0 Å². The fraction of sp³-hybridized carbons (Fsp3) is 0.211. The molecule has 0 fully saturated rings. The van der Waals surface area contributed by atoms with E-state index in [1.165, 1.54) is 11.3 Å². The predicted molar refractivity (Wildman–Crippen MR) is 102 cm³/mol. The second-order valence-electron chi connectivity index (χ2n) is 6.04. The van der Waals surface area contributed by atoms with Crippen LogP contribution in [0, 0.1) is 6.92 Å². The van der Waals surface area contributed by atoms with Gasteiger partial charge in [0, 0.05) is 13.0 Å². The Balaban J connectivity index is 1.44. The Morgan fingerprint density at radius 3 is 2.96 bits per heavy atom. The summed E-state index contributed by atoms with van der Waals surface area (Å²) in [6, 6.07) is 13.3. The average molecular weight is 367 g/mol. The van der Waals surface area contributed by atoms with Crippen LogP contribution >= 0.6 is 11.3 Å². The lowest BCUT2D eigenvalue weighted by molar-refractivity contribution is -0.121. The summed E-state index contributed by atoms with van der Waals surface area (Å²) in [5, 5.41) is 3.41. The zero-order valence-corrected chi connectivity index (χ0v) is 15.0. The highest BCUT2D eigenvalue weighted by atomic mass is 32.1. The lowest BCUT2D eigenvalue weighted by atomic mass is 10.2. The molecular formula is C19H17N3O3S. The number of ether oxygens (including phenoxy) is 1. The number of nitrogens with zero attached hydrogens (tertiary/aromatic N) is 2. The number of nitrogens with one attached hydrogen (secondary N) is 1. The van der Waals surface area contributed by atoms with Gasteiger partial charge in [-0.1, -0.05) is 35.6 Å². The summed E-state index contributed by atoms with van der Waals surface area (Å²) in [5.41, 5.74) is 2.69. The second kappa shape index (κ2) is 6.76. The molecule has 0 unspecified atom stereocenters. The summed E-state index contributed by atoms with van der Waals surface area (Å²) in [5.74, 6) is 0.347. The van der Waals surface area contributed by atoms with Crippen LogP contribution in [0.25, 0.3) is 10.2 Å². The van der Waals surface area contributed by atoms with E-state index in [4.69, 9.17) is 4.74 Å². The quantitative estimate of drug-likeness (QED) is 0.768. The van der Waals surface area contributed by atoms with Crippen LogP contribution in [0.15, 0.2) is 42.5 Å². The van der Waals surface area contributed by atoms with E-state index >= 15 is 0 Å². The number of aryl methyl sites for hydroxylation is 1. The zero-order valence-electron chi connectivity index (χ0n) is 14.2. The van der Waals surface area contributed by atoms with E-state index < -0.39 is 0 Å². The van der Waals surface area contributed by atoms with Gasteiger partial charge in [0.15, 0.2) is 11.7 Å². The van der Waals surface area contributed by atoms with Crippen molar-refractivity contribution >= 4 is 44.2 Å². The first-order valence-electron chi connectivity index (χ1n) is 8.30. The molecule has 1 aliphatic rings. The molecule has 0 aliphatic carbocycles. The van der Waals surface area contributed by atoms with Crippen molar-refractivity contribution < 1.29 is 14.3 Å².